The molecule has 1 saturated carbocycles. The van der Waals surface area contributed by atoms with Gasteiger partial charge in [-0.05, 0) is 51.7 Å². The van der Waals surface area contributed by atoms with E-state index >= 15 is 0 Å². The summed E-state index contributed by atoms with van der Waals surface area (Å²) in [5.74, 6) is 0.530. The summed E-state index contributed by atoms with van der Waals surface area (Å²) in [6.45, 7) is 13.3. The van der Waals surface area contributed by atoms with Gasteiger partial charge in [-0.3, -0.25) is 9.89 Å². The normalized spacial score (nSPS) is 24.9. The van der Waals surface area contributed by atoms with Crippen LogP contribution in [0, 0.1) is 22.7 Å². The van der Waals surface area contributed by atoms with Gasteiger partial charge in [0.25, 0.3) is 0 Å². The van der Waals surface area contributed by atoms with E-state index in [9.17, 15) is 19.6 Å². The van der Waals surface area contributed by atoms with Gasteiger partial charge in [-0.15, -0.1) is 11.8 Å². The molecular weight excluding hydrogens is 417 g/mol. The molecule has 0 bridgehead atoms. The number of thioether (sulfide) groups is 1. The standard InChI is InChI=1S/C23H32FN3O3S/c1-7-17(24)19(22(6)10-11-22)26-15-23(29,14-25)9-8-18-27(12-16(2)13-31-18)20(28)30-21(3,4)5/h7-8,15-16,29H,1,9-13H2,2-6H3/b18-8-,19-17+,26-15?. The number of carbonyl (C=O) groups excluding carboxylic acids is 1. The molecule has 0 aromatic heterocycles. The molecule has 1 saturated heterocycles. The van der Waals surface area contributed by atoms with Crippen LogP contribution in [-0.4, -0.2) is 45.8 Å². The number of nitrogens with zero attached hydrogens (tertiary/aromatic N) is 3. The first-order valence-electron chi connectivity index (χ1n) is 10.4. The first-order valence-corrected chi connectivity index (χ1v) is 11.4. The predicted molar refractivity (Wildman–Crippen MR) is 122 cm³/mol. The number of nitriles is 1. The van der Waals surface area contributed by atoms with Gasteiger partial charge >= 0.3 is 6.09 Å². The zero-order chi connectivity index (χ0) is 23.4. The molecule has 170 valence electrons. The van der Waals surface area contributed by atoms with Crippen molar-refractivity contribution in [3.05, 3.63) is 35.3 Å². The Labute approximate surface area is 188 Å². The minimum Gasteiger partial charge on any atom is -0.443 e. The van der Waals surface area contributed by atoms with Crippen LogP contribution in [0.25, 0.3) is 0 Å². The molecule has 0 radical (unpaired) electrons. The van der Waals surface area contributed by atoms with E-state index in [0.717, 1.165) is 30.9 Å². The van der Waals surface area contributed by atoms with Crippen molar-refractivity contribution >= 4 is 24.1 Å². The van der Waals surface area contributed by atoms with Gasteiger partial charge in [0.1, 0.15) is 17.5 Å². The molecule has 1 amide bonds. The molecule has 31 heavy (non-hydrogen) atoms. The molecule has 8 heteroatoms. The van der Waals surface area contributed by atoms with E-state index in [0.29, 0.717) is 11.6 Å². The fourth-order valence-electron chi connectivity index (χ4n) is 2.98. The van der Waals surface area contributed by atoms with Crippen LogP contribution in [-0.2, 0) is 4.74 Å². The predicted octanol–water partition coefficient (Wildman–Crippen LogP) is 5.33. The van der Waals surface area contributed by atoms with Gasteiger partial charge in [0.15, 0.2) is 5.60 Å². The third-order valence-corrected chi connectivity index (χ3v) is 6.47. The first kappa shape index (κ1) is 25.2. The van der Waals surface area contributed by atoms with Gasteiger partial charge in [0.05, 0.1) is 16.9 Å². The largest absolute Gasteiger partial charge is 0.443 e. The maximum absolute atomic E-state index is 14.2. The molecule has 2 fully saturated rings. The number of ether oxygens (including phenoxy) is 1. The highest BCUT2D eigenvalue weighted by Crippen LogP contribution is 2.53. The van der Waals surface area contributed by atoms with Crippen molar-refractivity contribution in [3.63, 3.8) is 0 Å². The number of aliphatic hydroxyl groups is 1. The number of rotatable bonds is 6. The van der Waals surface area contributed by atoms with Gasteiger partial charge in [0, 0.05) is 24.1 Å². The number of hydrogen-bond donors (Lipinski definition) is 1. The molecule has 2 atom stereocenters. The van der Waals surface area contributed by atoms with Gasteiger partial charge in [-0.2, -0.15) is 5.26 Å². The van der Waals surface area contributed by atoms with E-state index in [2.05, 4.69) is 11.6 Å². The highest BCUT2D eigenvalue weighted by molar-refractivity contribution is 8.03. The molecule has 2 unspecified atom stereocenters. The minimum atomic E-state index is -1.94. The van der Waals surface area contributed by atoms with Crippen molar-refractivity contribution in [3.8, 4) is 6.07 Å². The van der Waals surface area contributed by atoms with Gasteiger partial charge in [0.2, 0.25) is 0 Å². The van der Waals surface area contributed by atoms with Crippen molar-refractivity contribution in [1.29, 1.82) is 5.26 Å². The van der Waals surface area contributed by atoms with Crippen molar-refractivity contribution in [2.75, 3.05) is 12.3 Å². The quantitative estimate of drug-likeness (QED) is 0.336. The van der Waals surface area contributed by atoms with E-state index < -0.39 is 28.5 Å². The number of allylic oxidation sites excluding steroid dienone is 3. The van der Waals surface area contributed by atoms with E-state index in [1.54, 1.807) is 26.8 Å². The smallest absolute Gasteiger partial charge is 0.415 e. The maximum atomic E-state index is 14.2. The molecule has 2 aliphatic rings. The van der Waals surface area contributed by atoms with E-state index in [4.69, 9.17) is 4.74 Å². The van der Waals surface area contributed by atoms with E-state index in [1.807, 2.05) is 19.9 Å². The minimum absolute atomic E-state index is 0.0945. The second-order valence-corrected chi connectivity index (χ2v) is 10.5. The number of aliphatic imine (C=N–C) groups is 1. The Morgan fingerprint density at radius 1 is 1.52 bits per heavy atom. The third kappa shape index (κ3) is 6.94. The summed E-state index contributed by atoms with van der Waals surface area (Å²) in [4.78, 5) is 18.3. The van der Waals surface area contributed by atoms with Crippen LogP contribution in [0.3, 0.4) is 0 Å². The van der Waals surface area contributed by atoms with Crippen LogP contribution in [0.4, 0.5) is 9.18 Å². The fourth-order valence-corrected chi connectivity index (χ4v) is 4.05. The number of carbonyl (C=O) groups is 1. The van der Waals surface area contributed by atoms with Crippen LogP contribution >= 0.6 is 11.8 Å². The monoisotopic (exact) mass is 449 g/mol. The van der Waals surface area contributed by atoms with Crippen molar-refractivity contribution in [1.82, 2.24) is 4.90 Å². The third-order valence-electron chi connectivity index (χ3n) is 5.06. The summed E-state index contributed by atoms with van der Waals surface area (Å²) in [6.07, 6.45) is 4.82. The lowest BCUT2D eigenvalue weighted by Crippen LogP contribution is -2.41. The second-order valence-electron chi connectivity index (χ2n) is 9.51. The SMILES string of the molecule is C=C/C(F)=C(\N=CC(O)(C#N)C/C=C1\SCC(C)CN1C(=O)OC(C)(C)C)C1(C)CC1. The summed E-state index contributed by atoms with van der Waals surface area (Å²) < 4.78 is 19.7. The number of halogens is 1. The Morgan fingerprint density at radius 3 is 2.68 bits per heavy atom. The molecule has 1 aliphatic carbocycles. The zero-order valence-electron chi connectivity index (χ0n) is 18.9. The molecule has 2 rings (SSSR count). The molecule has 1 aliphatic heterocycles. The lowest BCUT2D eigenvalue weighted by molar-refractivity contribution is 0.0306. The molecule has 0 aromatic carbocycles. The molecule has 1 N–H and O–H groups in total. The second kappa shape index (κ2) is 9.58. The summed E-state index contributed by atoms with van der Waals surface area (Å²) in [7, 11) is 0. The summed E-state index contributed by atoms with van der Waals surface area (Å²) >= 11 is 1.47. The van der Waals surface area contributed by atoms with Gasteiger partial charge in [-0.25, -0.2) is 9.18 Å². The Kier molecular flexibility index (Phi) is 7.77. The maximum Gasteiger partial charge on any atom is 0.415 e. The number of amides is 1. The zero-order valence-corrected chi connectivity index (χ0v) is 19.8. The average Bonchev–Trinajstić information content (AvgIpc) is 3.43. The van der Waals surface area contributed by atoms with Gasteiger partial charge in [-0.1, -0.05) is 20.4 Å². The number of hydrogen-bond acceptors (Lipinski definition) is 6. The highest BCUT2D eigenvalue weighted by Gasteiger charge is 2.43. The van der Waals surface area contributed by atoms with Crippen LogP contribution < -0.4 is 0 Å². The average molecular weight is 450 g/mol. The van der Waals surface area contributed by atoms with Crippen LogP contribution in [0.15, 0.2) is 40.3 Å². The molecule has 6 nitrogen and oxygen atoms in total. The molecule has 1 heterocycles. The Balaban J connectivity index is 2.23. The van der Waals surface area contributed by atoms with Crippen molar-refractivity contribution < 1.29 is 19.0 Å². The van der Waals surface area contributed by atoms with Crippen LogP contribution in [0.5, 0.6) is 0 Å². The van der Waals surface area contributed by atoms with Crippen molar-refractivity contribution in [2.45, 2.75) is 65.1 Å². The van der Waals surface area contributed by atoms with Crippen molar-refractivity contribution in [2.24, 2.45) is 16.3 Å². The summed E-state index contributed by atoms with van der Waals surface area (Å²) in [5.41, 5.74) is -2.77. The topological polar surface area (TPSA) is 85.9 Å². The summed E-state index contributed by atoms with van der Waals surface area (Å²) in [5, 5.41) is 20.9. The lowest BCUT2D eigenvalue weighted by Gasteiger charge is -2.34. The first-order chi connectivity index (χ1) is 14.3. The Bertz CT molecular complexity index is 849. The molecule has 0 spiro atoms. The summed E-state index contributed by atoms with van der Waals surface area (Å²) in [6, 6.07) is 1.84. The van der Waals surface area contributed by atoms with E-state index in [1.165, 1.54) is 16.7 Å². The fraction of sp³-hybridized carbons (Fsp3) is 0.609. The van der Waals surface area contributed by atoms with Gasteiger partial charge < -0.3 is 9.84 Å². The molecule has 0 aromatic rings. The Morgan fingerprint density at radius 2 is 2.16 bits per heavy atom. The lowest BCUT2D eigenvalue weighted by atomic mass is 10.0. The van der Waals surface area contributed by atoms with E-state index in [-0.39, 0.29) is 18.0 Å². The van der Waals surface area contributed by atoms with Crippen LogP contribution in [0.2, 0.25) is 0 Å². The highest BCUT2D eigenvalue weighted by atomic mass is 32.2. The van der Waals surface area contributed by atoms with Crippen LogP contribution in [0.1, 0.15) is 53.9 Å². The molecular formula is C23H32FN3O3S. The Hall–Kier alpha value is -2.11.